The predicted octanol–water partition coefficient (Wildman–Crippen LogP) is 23.4. The normalized spacial score (nSPS) is 13.8. The van der Waals surface area contributed by atoms with Crippen LogP contribution in [0.4, 0.5) is 0 Å². The molecule has 0 aromatic rings. The number of phosphoric acid groups is 1. The van der Waals surface area contributed by atoms with Crippen molar-refractivity contribution < 1.29 is 37.6 Å². The van der Waals surface area contributed by atoms with Gasteiger partial charge in [0.05, 0.1) is 13.2 Å². The molecule has 0 rings (SSSR count). The molecule has 3 N–H and O–H groups in total. The van der Waals surface area contributed by atoms with E-state index in [2.05, 4.69) is 160 Å². The van der Waals surface area contributed by atoms with Crippen LogP contribution in [0.5, 0.6) is 0 Å². The third-order valence-corrected chi connectivity index (χ3v) is 15.7. The Hall–Kier alpha value is -4.11. The van der Waals surface area contributed by atoms with Crippen LogP contribution in [0.25, 0.3) is 0 Å². The van der Waals surface area contributed by atoms with Crippen LogP contribution in [0.2, 0.25) is 0 Å². The molecule has 0 bridgehead atoms. The molecule has 2 unspecified atom stereocenters. The zero-order chi connectivity index (χ0) is 63.0. The Kier molecular flexibility index (Phi) is 67.6. The molecule has 0 aliphatic carbocycles. The van der Waals surface area contributed by atoms with Gasteiger partial charge in [-0.2, -0.15) is 0 Å². The fourth-order valence-electron chi connectivity index (χ4n) is 9.59. The van der Waals surface area contributed by atoms with Gasteiger partial charge in [0.25, 0.3) is 0 Å². The fourth-order valence-corrected chi connectivity index (χ4v) is 10.4. The number of phosphoric ester groups is 1. The number of carbonyl (C=O) groups is 2. The second-order valence-electron chi connectivity index (χ2n) is 23.0. The van der Waals surface area contributed by atoms with Crippen molar-refractivity contribution in [3.05, 3.63) is 146 Å². The quantitative estimate of drug-likeness (QED) is 0.0264. The second-order valence-corrected chi connectivity index (χ2v) is 24.4. The third-order valence-electron chi connectivity index (χ3n) is 14.7. The van der Waals surface area contributed by atoms with Gasteiger partial charge < -0.3 is 20.1 Å². The fraction of sp³-hybridized carbons (Fsp3) is 0.662. The summed E-state index contributed by atoms with van der Waals surface area (Å²) in [5.74, 6) is -0.829. The molecule has 10 heteroatoms. The maximum absolute atomic E-state index is 12.8. The molecule has 0 heterocycles. The van der Waals surface area contributed by atoms with Gasteiger partial charge in [0, 0.05) is 19.4 Å². The summed E-state index contributed by atoms with van der Waals surface area (Å²) in [7, 11) is -4.40. The summed E-state index contributed by atoms with van der Waals surface area (Å²) in [5.41, 5.74) is 5.40. The predicted molar refractivity (Wildman–Crippen MR) is 376 cm³/mol. The molecule has 0 saturated carbocycles. The number of hydrogen-bond acceptors (Lipinski definition) is 8. The molecular formula is C77H130NO8P. The minimum absolute atomic E-state index is 0.0481. The van der Waals surface area contributed by atoms with Gasteiger partial charge in [0.1, 0.15) is 6.61 Å². The molecule has 0 aliphatic rings. The van der Waals surface area contributed by atoms with Gasteiger partial charge in [-0.15, -0.1) is 0 Å². The highest BCUT2D eigenvalue weighted by molar-refractivity contribution is 7.47. The number of ether oxygens (including phenoxy) is 2. The molecule has 87 heavy (non-hydrogen) atoms. The highest BCUT2D eigenvalue weighted by Gasteiger charge is 2.26. The maximum atomic E-state index is 12.8. The highest BCUT2D eigenvalue weighted by atomic mass is 31.2. The molecule has 0 aliphatic heterocycles. The zero-order valence-electron chi connectivity index (χ0n) is 55.7. The Morgan fingerprint density at radius 1 is 0.345 bits per heavy atom. The first-order valence-corrected chi connectivity index (χ1v) is 36.8. The highest BCUT2D eigenvalue weighted by Crippen LogP contribution is 2.43. The topological polar surface area (TPSA) is 134 Å². The molecular weight excluding hydrogens is 1100 g/mol. The van der Waals surface area contributed by atoms with Crippen LogP contribution in [-0.2, 0) is 32.7 Å². The molecule has 0 aromatic heterocycles. The number of unbranched alkanes of at least 4 members (excludes halogenated alkanes) is 28. The second kappa shape index (κ2) is 71.0. The number of allylic oxidation sites excluding steroid dienone is 24. The van der Waals surface area contributed by atoms with Gasteiger partial charge in [-0.3, -0.25) is 18.6 Å². The van der Waals surface area contributed by atoms with Crippen molar-refractivity contribution in [2.24, 2.45) is 5.73 Å². The number of rotatable bonds is 65. The lowest BCUT2D eigenvalue weighted by Crippen LogP contribution is -2.29. The summed E-state index contributed by atoms with van der Waals surface area (Å²) in [6.45, 7) is 3.53. The van der Waals surface area contributed by atoms with Gasteiger partial charge in [-0.05, 0) is 116 Å². The van der Waals surface area contributed by atoms with Gasteiger partial charge in [0.15, 0.2) is 6.10 Å². The summed E-state index contributed by atoms with van der Waals surface area (Å²) in [5, 5.41) is 0. The Labute approximate surface area is 535 Å². The van der Waals surface area contributed by atoms with Crippen LogP contribution < -0.4 is 5.73 Å². The van der Waals surface area contributed by atoms with E-state index in [0.29, 0.717) is 6.42 Å². The molecule has 0 aromatic carbocycles. The van der Waals surface area contributed by atoms with Crippen LogP contribution in [-0.4, -0.2) is 49.3 Å². The van der Waals surface area contributed by atoms with Crippen molar-refractivity contribution in [2.45, 2.75) is 302 Å². The Balaban J connectivity index is 3.89. The zero-order valence-corrected chi connectivity index (χ0v) is 56.6. The largest absolute Gasteiger partial charge is 0.472 e. The Bertz CT molecular complexity index is 1940. The maximum Gasteiger partial charge on any atom is 0.472 e. The van der Waals surface area contributed by atoms with Crippen molar-refractivity contribution in [1.29, 1.82) is 0 Å². The average molecular weight is 1230 g/mol. The van der Waals surface area contributed by atoms with Crippen molar-refractivity contribution in [3.63, 3.8) is 0 Å². The molecule has 0 saturated heterocycles. The summed E-state index contributed by atoms with van der Waals surface area (Å²) in [4.78, 5) is 35.4. The molecule has 496 valence electrons. The lowest BCUT2D eigenvalue weighted by Gasteiger charge is -2.19. The van der Waals surface area contributed by atoms with Crippen LogP contribution in [0.15, 0.2) is 146 Å². The van der Waals surface area contributed by atoms with Gasteiger partial charge in [-0.25, -0.2) is 4.57 Å². The molecule has 0 amide bonds. The average Bonchev–Trinajstić information content (AvgIpc) is 3.64. The van der Waals surface area contributed by atoms with Crippen molar-refractivity contribution in [1.82, 2.24) is 0 Å². The number of esters is 2. The summed E-state index contributed by atoms with van der Waals surface area (Å²) >= 11 is 0. The molecule has 0 radical (unpaired) electrons. The van der Waals surface area contributed by atoms with Crippen molar-refractivity contribution in [3.8, 4) is 0 Å². The van der Waals surface area contributed by atoms with E-state index in [1.807, 2.05) is 0 Å². The van der Waals surface area contributed by atoms with E-state index < -0.39 is 26.5 Å². The van der Waals surface area contributed by atoms with E-state index >= 15 is 0 Å². The van der Waals surface area contributed by atoms with Gasteiger partial charge in [0.2, 0.25) is 0 Å². The van der Waals surface area contributed by atoms with Crippen LogP contribution in [0.1, 0.15) is 296 Å². The first-order valence-electron chi connectivity index (χ1n) is 35.3. The van der Waals surface area contributed by atoms with Crippen LogP contribution in [0, 0.1) is 0 Å². The summed E-state index contributed by atoms with van der Waals surface area (Å²) in [6.07, 6.45) is 102. The third kappa shape index (κ3) is 70.8. The monoisotopic (exact) mass is 1230 g/mol. The van der Waals surface area contributed by atoms with Crippen LogP contribution >= 0.6 is 7.82 Å². The minimum atomic E-state index is -4.40. The Morgan fingerprint density at radius 3 is 0.885 bits per heavy atom. The molecule has 0 spiro atoms. The first kappa shape index (κ1) is 82.9. The molecule has 9 nitrogen and oxygen atoms in total. The smallest absolute Gasteiger partial charge is 0.462 e. The standard InChI is InChI=1S/C77H130NO8P/c1-3-5-7-9-11-13-15-17-19-21-23-25-27-29-31-32-33-34-35-36-37-38-39-40-41-42-44-46-48-50-52-54-56-58-60-62-64-66-68-70-77(80)86-75(74-85-87(81,82)84-72-71-78)73-83-76(79)69-67-65-63-61-59-57-55-53-51-49-47-45-43-30-28-26-24-22-20-18-16-14-12-10-8-6-4-2/h5-8,11-14,17-20,23-26,29-31,33-34,36-37,43,75H,3-4,9-10,15-16,21-22,27-28,32,35,38-42,44-74,78H2,1-2H3,(H,81,82)/b7-5-,8-6-,13-11-,14-12-,19-17-,20-18-,25-23-,26-24-,31-29-,34-33-,37-36-,43-30-. The lowest BCUT2D eigenvalue weighted by atomic mass is 10.0. The van der Waals surface area contributed by atoms with Crippen LogP contribution in [0.3, 0.4) is 0 Å². The van der Waals surface area contributed by atoms with E-state index in [9.17, 15) is 19.0 Å². The minimum Gasteiger partial charge on any atom is -0.462 e. The van der Waals surface area contributed by atoms with E-state index in [1.165, 1.54) is 135 Å². The molecule has 0 fully saturated rings. The number of hydrogen-bond donors (Lipinski definition) is 2. The van der Waals surface area contributed by atoms with E-state index in [1.54, 1.807) is 0 Å². The van der Waals surface area contributed by atoms with Crippen molar-refractivity contribution >= 4 is 19.8 Å². The molecule has 2 atom stereocenters. The van der Waals surface area contributed by atoms with E-state index in [4.69, 9.17) is 24.3 Å². The summed E-state index contributed by atoms with van der Waals surface area (Å²) in [6, 6.07) is 0. The number of nitrogens with two attached hydrogens (primary N) is 1. The van der Waals surface area contributed by atoms with E-state index in [0.717, 1.165) is 128 Å². The summed E-state index contributed by atoms with van der Waals surface area (Å²) < 4.78 is 33.2. The van der Waals surface area contributed by atoms with Gasteiger partial charge in [-0.1, -0.05) is 314 Å². The van der Waals surface area contributed by atoms with Gasteiger partial charge >= 0.3 is 19.8 Å². The number of carbonyl (C=O) groups excluding carboxylic acids is 2. The Morgan fingerprint density at radius 2 is 0.598 bits per heavy atom. The lowest BCUT2D eigenvalue weighted by molar-refractivity contribution is -0.161. The van der Waals surface area contributed by atoms with Crippen molar-refractivity contribution in [2.75, 3.05) is 26.4 Å². The first-order chi connectivity index (χ1) is 42.8. The van der Waals surface area contributed by atoms with E-state index in [-0.39, 0.29) is 38.6 Å². The SMILES string of the molecule is CC/C=C\C/C=C\C/C=C\C/C=C\C/C=C\C/C=C\C/C=C\CCCCCCCCCCCCCCCCCCCC(=O)OC(COC(=O)CCCCCCCCCCCCC/C=C\C/C=C\C/C=C\C/C=C\C/C=C\CC)COP(=O)(O)OCCN.